The fourth-order valence-corrected chi connectivity index (χ4v) is 2.39. The van der Waals surface area contributed by atoms with Crippen LogP contribution in [0.1, 0.15) is 32.4 Å². The molecule has 0 saturated carbocycles. The molecule has 0 saturated heterocycles. The third-order valence-corrected chi connectivity index (χ3v) is 3.59. The molecule has 0 fully saturated rings. The first-order valence-electron chi connectivity index (χ1n) is 7.14. The predicted molar refractivity (Wildman–Crippen MR) is 89.1 cm³/mol. The number of hydrogen-bond acceptors (Lipinski definition) is 3. The average molecular weight is 364 g/mol. The fourth-order valence-electron chi connectivity index (χ4n) is 1.84. The van der Waals surface area contributed by atoms with Crippen LogP contribution in [0.25, 0.3) is 0 Å². The van der Waals surface area contributed by atoms with Crippen LogP contribution in [-0.4, -0.2) is 30.9 Å². The van der Waals surface area contributed by atoms with Crippen molar-refractivity contribution in [1.29, 1.82) is 0 Å². The van der Waals surface area contributed by atoms with Crippen LogP contribution in [0, 0.1) is 5.82 Å². The maximum Gasteiger partial charge on any atom is 0.239 e. The second-order valence-electron chi connectivity index (χ2n) is 5.39. The van der Waals surface area contributed by atoms with E-state index in [1.54, 1.807) is 6.92 Å². The largest absolute Gasteiger partial charge is 0.352 e. The molecule has 1 atom stereocenters. The summed E-state index contributed by atoms with van der Waals surface area (Å²) in [5.74, 6) is -1.18. The first kappa shape index (κ1) is 19.7. The molecule has 5 nitrogen and oxygen atoms in total. The number of amides is 2. The Morgan fingerprint density at radius 1 is 1.09 bits per heavy atom. The van der Waals surface area contributed by atoms with Gasteiger partial charge in [0.15, 0.2) is 0 Å². The molecular formula is C15H20Cl2FN3O2. The number of halogens is 3. The minimum atomic E-state index is -0.575. The molecule has 0 aromatic heterocycles. The molecule has 1 rings (SSSR count). The molecule has 23 heavy (non-hydrogen) atoms. The van der Waals surface area contributed by atoms with Crippen LogP contribution in [0.5, 0.6) is 0 Å². The zero-order valence-electron chi connectivity index (χ0n) is 13.2. The molecule has 0 radical (unpaired) electrons. The molecule has 1 aromatic carbocycles. The van der Waals surface area contributed by atoms with Gasteiger partial charge in [0.05, 0.1) is 18.1 Å². The lowest BCUT2D eigenvalue weighted by Crippen LogP contribution is -2.42. The quantitative estimate of drug-likeness (QED) is 0.651. The first-order valence-corrected chi connectivity index (χ1v) is 7.90. The molecule has 0 aliphatic heterocycles. The smallest absolute Gasteiger partial charge is 0.239 e. The highest BCUT2D eigenvalue weighted by molar-refractivity contribution is 6.35. The highest BCUT2D eigenvalue weighted by atomic mass is 35.5. The van der Waals surface area contributed by atoms with Crippen LogP contribution in [0.4, 0.5) is 4.39 Å². The summed E-state index contributed by atoms with van der Waals surface area (Å²) in [6.07, 6.45) is 0. The molecule has 0 aliphatic rings. The Hall–Kier alpha value is -1.37. The standard InChI is InChI=1S/C15H20Cl2FN3O2/c1-8(2)21-15(23)7-20-14(22)6-19-9(3)10-4-13(18)12(17)5-11(10)16/h4-5,8-9,19H,6-7H2,1-3H3,(H,20,22)(H,21,23)/t9-/m0/s1. The highest BCUT2D eigenvalue weighted by Gasteiger charge is 2.14. The Labute approximate surface area is 144 Å². The van der Waals surface area contributed by atoms with E-state index in [4.69, 9.17) is 23.2 Å². The number of nitrogens with one attached hydrogen (secondary N) is 3. The molecule has 8 heteroatoms. The van der Waals surface area contributed by atoms with Crippen molar-refractivity contribution in [3.8, 4) is 0 Å². The zero-order chi connectivity index (χ0) is 17.6. The first-order chi connectivity index (χ1) is 10.7. The van der Waals surface area contributed by atoms with Crippen molar-refractivity contribution in [3.05, 3.63) is 33.6 Å². The van der Waals surface area contributed by atoms with E-state index in [-0.39, 0.29) is 42.0 Å². The molecule has 128 valence electrons. The van der Waals surface area contributed by atoms with Gasteiger partial charge in [-0.1, -0.05) is 23.2 Å². The van der Waals surface area contributed by atoms with E-state index < -0.39 is 5.82 Å². The third-order valence-electron chi connectivity index (χ3n) is 2.97. The van der Waals surface area contributed by atoms with Gasteiger partial charge in [0, 0.05) is 17.1 Å². The molecule has 0 spiro atoms. The van der Waals surface area contributed by atoms with Gasteiger partial charge in [0.1, 0.15) is 5.82 Å². The zero-order valence-corrected chi connectivity index (χ0v) is 14.7. The lowest BCUT2D eigenvalue weighted by molar-refractivity contribution is -0.125. The van der Waals surface area contributed by atoms with Gasteiger partial charge in [0.2, 0.25) is 11.8 Å². The lowest BCUT2D eigenvalue weighted by atomic mass is 10.1. The summed E-state index contributed by atoms with van der Waals surface area (Å²) in [5.41, 5.74) is 0.499. The normalized spacial score (nSPS) is 12.1. The second-order valence-corrected chi connectivity index (χ2v) is 6.20. The van der Waals surface area contributed by atoms with Crippen LogP contribution >= 0.6 is 23.2 Å². The fraction of sp³-hybridized carbons (Fsp3) is 0.467. The number of benzene rings is 1. The minimum absolute atomic E-state index is 0.0134. The van der Waals surface area contributed by atoms with E-state index in [0.717, 1.165) is 0 Å². The maximum absolute atomic E-state index is 13.5. The van der Waals surface area contributed by atoms with Crippen LogP contribution in [0.15, 0.2) is 12.1 Å². The number of carbonyl (C=O) groups is 2. The highest BCUT2D eigenvalue weighted by Crippen LogP contribution is 2.28. The summed E-state index contributed by atoms with van der Waals surface area (Å²) >= 11 is 11.7. The third kappa shape index (κ3) is 6.72. The van der Waals surface area contributed by atoms with Crippen molar-refractivity contribution in [2.75, 3.05) is 13.1 Å². The predicted octanol–water partition coefficient (Wildman–Crippen LogP) is 2.42. The van der Waals surface area contributed by atoms with Crippen molar-refractivity contribution in [2.24, 2.45) is 0 Å². The molecule has 0 heterocycles. The van der Waals surface area contributed by atoms with E-state index in [1.165, 1.54) is 12.1 Å². The van der Waals surface area contributed by atoms with Crippen LogP contribution in [-0.2, 0) is 9.59 Å². The molecule has 2 amide bonds. The maximum atomic E-state index is 13.5. The van der Waals surface area contributed by atoms with Gasteiger partial charge in [-0.25, -0.2) is 4.39 Å². The number of rotatable bonds is 7. The minimum Gasteiger partial charge on any atom is -0.352 e. The van der Waals surface area contributed by atoms with Gasteiger partial charge in [-0.2, -0.15) is 0 Å². The Bertz CT molecular complexity index is 582. The Morgan fingerprint density at radius 2 is 1.74 bits per heavy atom. The van der Waals surface area contributed by atoms with Gasteiger partial charge in [-0.15, -0.1) is 0 Å². The van der Waals surface area contributed by atoms with E-state index in [0.29, 0.717) is 10.6 Å². The molecule has 0 aliphatic carbocycles. The summed E-state index contributed by atoms with van der Waals surface area (Å²) in [6, 6.07) is 2.21. The summed E-state index contributed by atoms with van der Waals surface area (Å²) in [5, 5.41) is 8.32. The SMILES string of the molecule is CC(C)NC(=O)CNC(=O)CN[C@@H](C)c1cc(F)c(Cl)cc1Cl. The van der Waals surface area contributed by atoms with Gasteiger partial charge in [-0.05, 0) is 38.5 Å². The van der Waals surface area contributed by atoms with Crippen molar-refractivity contribution >= 4 is 35.0 Å². The van der Waals surface area contributed by atoms with Gasteiger partial charge >= 0.3 is 0 Å². The van der Waals surface area contributed by atoms with E-state index in [2.05, 4.69) is 16.0 Å². The molecule has 3 N–H and O–H groups in total. The molecular weight excluding hydrogens is 344 g/mol. The molecule has 1 aromatic rings. The summed E-state index contributed by atoms with van der Waals surface area (Å²) in [4.78, 5) is 23.1. The summed E-state index contributed by atoms with van der Waals surface area (Å²) in [6.45, 7) is 5.28. The van der Waals surface area contributed by atoms with E-state index >= 15 is 0 Å². The molecule has 0 unspecified atom stereocenters. The summed E-state index contributed by atoms with van der Waals surface area (Å²) < 4.78 is 13.5. The van der Waals surface area contributed by atoms with Crippen molar-refractivity contribution in [2.45, 2.75) is 32.9 Å². The average Bonchev–Trinajstić information content (AvgIpc) is 2.45. The molecule has 0 bridgehead atoms. The topological polar surface area (TPSA) is 70.2 Å². The van der Waals surface area contributed by atoms with Gasteiger partial charge in [-0.3, -0.25) is 9.59 Å². The lowest BCUT2D eigenvalue weighted by Gasteiger charge is -2.16. The van der Waals surface area contributed by atoms with Crippen molar-refractivity contribution in [1.82, 2.24) is 16.0 Å². The van der Waals surface area contributed by atoms with Gasteiger partial charge in [0.25, 0.3) is 0 Å². The Balaban J connectivity index is 2.47. The van der Waals surface area contributed by atoms with Crippen LogP contribution in [0.2, 0.25) is 10.0 Å². The Kier molecular flexibility index (Phi) is 7.75. The monoisotopic (exact) mass is 363 g/mol. The Morgan fingerprint density at radius 3 is 2.35 bits per heavy atom. The number of hydrogen-bond donors (Lipinski definition) is 3. The van der Waals surface area contributed by atoms with Crippen molar-refractivity contribution < 1.29 is 14.0 Å². The van der Waals surface area contributed by atoms with Crippen LogP contribution < -0.4 is 16.0 Å². The van der Waals surface area contributed by atoms with Crippen molar-refractivity contribution in [3.63, 3.8) is 0 Å². The van der Waals surface area contributed by atoms with Gasteiger partial charge < -0.3 is 16.0 Å². The van der Waals surface area contributed by atoms with Crippen LogP contribution in [0.3, 0.4) is 0 Å². The number of carbonyl (C=O) groups excluding carboxylic acids is 2. The van der Waals surface area contributed by atoms with E-state index in [1.807, 2.05) is 13.8 Å². The van der Waals surface area contributed by atoms with E-state index in [9.17, 15) is 14.0 Å². The summed E-state index contributed by atoms with van der Waals surface area (Å²) in [7, 11) is 0. The second kappa shape index (κ2) is 9.05.